The molecule has 0 spiro atoms. The lowest BCUT2D eigenvalue weighted by molar-refractivity contribution is 0.191. The molecule has 0 amide bonds. The fraction of sp³-hybridized carbons (Fsp3) is 0.652. The minimum Gasteiger partial charge on any atom is -0.381 e. The largest absolute Gasteiger partial charge is 0.381 e. The molecule has 26 heavy (non-hydrogen) atoms. The van der Waals surface area contributed by atoms with Crippen LogP contribution in [0.5, 0.6) is 0 Å². The summed E-state index contributed by atoms with van der Waals surface area (Å²) in [5.41, 5.74) is 1.21. The molecule has 2 unspecified atom stereocenters. The highest BCUT2D eigenvalue weighted by Crippen LogP contribution is 2.33. The van der Waals surface area contributed by atoms with Gasteiger partial charge in [-0.3, -0.25) is 0 Å². The van der Waals surface area contributed by atoms with E-state index >= 15 is 0 Å². The summed E-state index contributed by atoms with van der Waals surface area (Å²) >= 11 is 5.86. The maximum absolute atomic E-state index is 14.2. The second-order valence-electron chi connectivity index (χ2n) is 7.78. The molecular formula is C23H39ClFN. The van der Waals surface area contributed by atoms with Gasteiger partial charge in [0.1, 0.15) is 5.82 Å². The first-order valence-electron chi connectivity index (χ1n) is 10.1. The van der Waals surface area contributed by atoms with Gasteiger partial charge >= 0.3 is 0 Å². The van der Waals surface area contributed by atoms with Crippen molar-refractivity contribution in [3.8, 4) is 0 Å². The molecule has 0 heterocycles. The monoisotopic (exact) mass is 383 g/mol. The van der Waals surface area contributed by atoms with Gasteiger partial charge in [0.2, 0.25) is 0 Å². The Kier molecular flexibility index (Phi) is 11.9. The Morgan fingerprint density at radius 1 is 1.15 bits per heavy atom. The van der Waals surface area contributed by atoms with E-state index in [4.69, 9.17) is 11.6 Å². The third-order valence-electron chi connectivity index (χ3n) is 4.58. The molecule has 0 saturated heterocycles. The van der Waals surface area contributed by atoms with Crippen LogP contribution in [-0.2, 0) is 0 Å². The molecule has 0 aromatic heterocycles. The Balaban J connectivity index is 0.00000301. The number of nitrogens with one attached hydrogen (secondary N) is 1. The summed E-state index contributed by atoms with van der Waals surface area (Å²) in [7, 11) is 0. The maximum atomic E-state index is 14.2. The van der Waals surface area contributed by atoms with Gasteiger partial charge in [0, 0.05) is 22.3 Å². The molecule has 1 aromatic rings. The lowest BCUT2D eigenvalue weighted by atomic mass is 9.75. The number of halogens is 2. The summed E-state index contributed by atoms with van der Waals surface area (Å²) in [6.45, 7) is 19.3. The average molecular weight is 384 g/mol. The van der Waals surface area contributed by atoms with Crippen molar-refractivity contribution in [2.24, 2.45) is 11.3 Å². The number of hydrogen-bond donors (Lipinski definition) is 1. The molecule has 150 valence electrons. The Morgan fingerprint density at radius 2 is 1.77 bits per heavy atom. The molecule has 1 nitrogen and oxygen atoms in total. The highest BCUT2D eigenvalue weighted by Gasteiger charge is 2.32. The second-order valence-corrected chi connectivity index (χ2v) is 8.22. The molecule has 0 radical (unpaired) electrons. The number of rotatable bonds is 9. The second kappa shape index (κ2) is 12.4. The van der Waals surface area contributed by atoms with Crippen molar-refractivity contribution < 1.29 is 4.39 Å². The molecule has 1 rings (SSSR count). The van der Waals surface area contributed by atoms with Gasteiger partial charge in [0.25, 0.3) is 0 Å². The quantitative estimate of drug-likeness (QED) is 0.454. The SMILES string of the molecule is C=C(NC(C(CCC)CCCC)C(C)(C)C)c1ccc(Cl)cc1F.CC. The number of hydrogen-bond acceptors (Lipinski definition) is 1. The van der Waals surface area contributed by atoms with Crippen LogP contribution in [0.15, 0.2) is 24.8 Å². The number of benzene rings is 1. The van der Waals surface area contributed by atoms with Gasteiger partial charge < -0.3 is 5.32 Å². The lowest BCUT2D eigenvalue weighted by Crippen LogP contribution is -2.45. The molecule has 0 fully saturated rings. The van der Waals surface area contributed by atoms with E-state index in [-0.39, 0.29) is 17.3 Å². The summed E-state index contributed by atoms with van der Waals surface area (Å²) in [5.74, 6) is 0.232. The van der Waals surface area contributed by atoms with Crippen LogP contribution in [0.4, 0.5) is 4.39 Å². The van der Waals surface area contributed by atoms with E-state index in [1.165, 1.54) is 31.7 Å². The van der Waals surface area contributed by atoms with E-state index in [1.54, 1.807) is 12.1 Å². The maximum Gasteiger partial charge on any atom is 0.133 e. The third-order valence-corrected chi connectivity index (χ3v) is 4.81. The Bertz CT molecular complexity index is 533. The first-order chi connectivity index (χ1) is 12.2. The zero-order valence-electron chi connectivity index (χ0n) is 17.9. The lowest BCUT2D eigenvalue weighted by Gasteiger charge is -2.39. The predicted octanol–water partition coefficient (Wildman–Crippen LogP) is 8.09. The molecule has 0 aliphatic rings. The van der Waals surface area contributed by atoms with Crippen LogP contribution in [0, 0.1) is 17.2 Å². The summed E-state index contributed by atoms with van der Waals surface area (Å²) in [6, 6.07) is 5.01. The Labute approximate surface area is 166 Å². The summed E-state index contributed by atoms with van der Waals surface area (Å²) in [6.07, 6.45) is 5.94. The van der Waals surface area contributed by atoms with Gasteiger partial charge in [-0.15, -0.1) is 0 Å². The van der Waals surface area contributed by atoms with Crippen LogP contribution >= 0.6 is 11.6 Å². The van der Waals surface area contributed by atoms with Gasteiger partial charge in [-0.25, -0.2) is 4.39 Å². The summed E-state index contributed by atoms with van der Waals surface area (Å²) < 4.78 is 14.2. The van der Waals surface area contributed by atoms with E-state index in [9.17, 15) is 4.39 Å². The minimum absolute atomic E-state index is 0.0689. The van der Waals surface area contributed by atoms with Crippen molar-refractivity contribution >= 4 is 17.3 Å². The smallest absolute Gasteiger partial charge is 0.133 e. The Morgan fingerprint density at radius 3 is 2.23 bits per heavy atom. The van der Waals surface area contributed by atoms with Gasteiger partial charge in [-0.2, -0.15) is 0 Å². The van der Waals surface area contributed by atoms with Crippen molar-refractivity contribution in [3.63, 3.8) is 0 Å². The van der Waals surface area contributed by atoms with E-state index < -0.39 is 0 Å². The topological polar surface area (TPSA) is 12.0 Å². The van der Waals surface area contributed by atoms with Crippen LogP contribution in [0.1, 0.15) is 86.1 Å². The van der Waals surface area contributed by atoms with Crippen molar-refractivity contribution in [3.05, 3.63) is 41.2 Å². The third kappa shape index (κ3) is 8.12. The van der Waals surface area contributed by atoms with Crippen molar-refractivity contribution in [2.45, 2.75) is 86.6 Å². The average Bonchev–Trinajstić information content (AvgIpc) is 2.57. The standard InChI is InChI=1S/C21H33ClFN.C2H6/c1-7-9-11-16(10-8-2)20(21(4,5)6)24-15(3)18-13-12-17(22)14-19(18)23;1-2/h12-14,16,20,24H,3,7-11H2,1-2,4-6H3;1-2H3. The van der Waals surface area contributed by atoms with Crippen LogP contribution in [-0.4, -0.2) is 6.04 Å². The summed E-state index contributed by atoms with van der Waals surface area (Å²) in [4.78, 5) is 0. The molecule has 3 heteroatoms. The number of unbranched alkanes of at least 4 members (excludes halogenated alkanes) is 1. The highest BCUT2D eigenvalue weighted by atomic mass is 35.5. The fourth-order valence-electron chi connectivity index (χ4n) is 3.36. The van der Waals surface area contributed by atoms with E-state index in [0.29, 0.717) is 22.2 Å². The molecule has 0 aliphatic heterocycles. The zero-order chi connectivity index (χ0) is 20.3. The molecule has 1 aromatic carbocycles. The molecule has 0 aliphatic carbocycles. The zero-order valence-corrected chi connectivity index (χ0v) is 18.6. The van der Waals surface area contributed by atoms with Crippen LogP contribution < -0.4 is 5.32 Å². The minimum atomic E-state index is -0.326. The fourth-order valence-corrected chi connectivity index (χ4v) is 3.51. The van der Waals surface area contributed by atoms with Crippen molar-refractivity contribution in [1.82, 2.24) is 5.32 Å². The highest BCUT2D eigenvalue weighted by molar-refractivity contribution is 6.30. The normalized spacial score (nSPS) is 13.4. The van der Waals surface area contributed by atoms with E-state index in [0.717, 1.165) is 6.42 Å². The molecular weight excluding hydrogens is 345 g/mol. The molecule has 0 bridgehead atoms. The first-order valence-corrected chi connectivity index (χ1v) is 10.5. The first kappa shape index (κ1) is 25.0. The van der Waals surface area contributed by atoms with Crippen LogP contribution in [0.2, 0.25) is 5.02 Å². The predicted molar refractivity (Wildman–Crippen MR) is 116 cm³/mol. The van der Waals surface area contributed by atoms with E-state index in [1.807, 2.05) is 13.8 Å². The van der Waals surface area contributed by atoms with Crippen molar-refractivity contribution in [2.75, 3.05) is 0 Å². The van der Waals surface area contributed by atoms with E-state index in [2.05, 4.69) is 46.5 Å². The van der Waals surface area contributed by atoms with Gasteiger partial charge in [0.05, 0.1) is 0 Å². The van der Waals surface area contributed by atoms with Crippen LogP contribution in [0.3, 0.4) is 0 Å². The van der Waals surface area contributed by atoms with Gasteiger partial charge in [-0.1, -0.05) is 85.9 Å². The van der Waals surface area contributed by atoms with Crippen molar-refractivity contribution in [1.29, 1.82) is 0 Å². The Hall–Kier alpha value is -1.02. The van der Waals surface area contributed by atoms with Gasteiger partial charge in [-0.05, 0) is 42.4 Å². The molecule has 1 N–H and O–H groups in total. The van der Waals surface area contributed by atoms with Gasteiger partial charge in [0.15, 0.2) is 0 Å². The summed E-state index contributed by atoms with van der Waals surface area (Å²) in [5, 5.41) is 3.96. The molecule has 0 saturated carbocycles. The molecule has 2 atom stereocenters. The van der Waals surface area contributed by atoms with Crippen LogP contribution in [0.25, 0.3) is 5.70 Å².